The molecule has 0 amide bonds. The first kappa shape index (κ1) is 17.1. The largest absolute Gasteiger partial charge is 0.586 e. The molecule has 0 N–H and O–H groups in total. The summed E-state index contributed by atoms with van der Waals surface area (Å²) in [5.74, 6) is 0.0410. The van der Waals surface area contributed by atoms with Gasteiger partial charge >= 0.3 is 0 Å². The van der Waals surface area contributed by atoms with Crippen molar-refractivity contribution in [3.8, 4) is 0 Å². The molecule has 0 saturated heterocycles. The lowest BCUT2D eigenvalue weighted by molar-refractivity contribution is 0.597. The summed E-state index contributed by atoms with van der Waals surface area (Å²) in [5, 5.41) is 0. The van der Waals surface area contributed by atoms with Crippen LogP contribution in [0.15, 0.2) is 82.1 Å². The fraction of sp³-hybridized carbons (Fsp3) is 0.174. The molecule has 0 radical (unpaired) electrons. The molecule has 0 heterocycles. The maximum atomic E-state index is 12.6. The Labute approximate surface area is 157 Å². The number of aryl methyl sites for hydroxylation is 3. The van der Waals surface area contributed by atoms with Crippen molar-refractivity contribution >= 4 is 17.6 Å². The summed E-state index contributed by atoms with van der Waals surface area (Å²) in [6.45, 7) is 2.02. The number of nitrogens with zero attached hydrogens (tertiary/aromatic N) is 1. The van der Waals surface area contributed by atoms with Gasteiger partial charge in [-0.1, -0.05) is 70.6 Å². The van der Waals surface area contributed by atoms with Gasteiger partial charge in [-0.15, -0.1) is 0 Å². The molecule has 0 spiro atoms. The molecular formula is C23H21NOS. The van der Waals surface area contributed by atoms with Gasteiger partial charge in [0, 0.05) is 5.92 Å². The molecule has 3 aromatic rings. The summed E-state index contributed by atoms with van der Waals surface area (Å²) < 4.78 is 17.1. The minimum atomic E-state index is -1.38. The molecule has 1 aliphatic rings. The molecule has 0 saturated carbocycles. The highest BCUT2D eigenvalue weighted by atomic mass is 32.2. The second-order valence-corrected chi connectivity index (χ2v) is 7.87. The van der Waals surface area contributed by atoms with Crippen LogP contribution in [0.4, 0.5) is 0 Å². The third-order valence-corrected chi connectivity index (χ3v) is 5.96. The van der Waals surface area contributed by atoms with Gasteiger partial charge in [-0.05, 0) is 54.2 Å². The number of hydrogen-bond donors (Lipinski definition) is 0. The Morgan fingerprint density at radius 2 is 1.38 bits per heavy atom. The van der Waals surface area contributed by atoms with E-state index in [1.165, 1.54) is 22.3 Å². The van der Waals surface area contributed by atoms with Crippen molar-refractivity contribution < 1.29 is 4.55 Å². The molecule has 1 atom stereocenters. The van der Waals surface area contributed by atoms with Gasteiger partial charge < -0.3 is 4.55 Å². The Hall–Kier alpha value is -2.36. The van der Waals surface area contributed by atoms with E-state index in [-0.39, 0.29) is 5.92 Å². The SMILES string of the molecule is Cc1ccc([S+]([O-])/N=C/C2c3ccccc3CCc3ccccc32)cc1. The van der Waals surface area contributed by atoms with Gasteiger partial charge in [0.1, 0.15) is 11.4 Å². The molecule has 1 unspecified atom stereocenters. The van der Waals surface area contributed by atoms with Crippen molar-refractivity contribution in [3.05, 3.63) is 101 Å². The van der Waals surface area contributed by atoms with E-state index in [4.69, 9.17) is 0 Å². The quantitative estimate of drug-likeness (QED) is 0.478. The first-order valence-electron chi connectivity index (χ1n) is 8.91. The monoisotopic (exact) mass is 359 g/mol. The summed E-state index contributed by atoms with van der Waals surface area (Å²) in [4.78, 5) is 0.738. The average Bonchev–Trinajstić information content (AvgIpc) is 2.84. The molecule has 0 aromatic heterocycles. The molecule has 4 rings (SSSR count). The summed E-state index contributed by atoms with van der Waals surface area (Å²) in [6.07, 6.45) is 3.93. The molecule has 1 aliphatic carbocycles. The van der Waals surface area contributed by atoms with Crippen LogP contribution in [0.5, 0.6) is 0 Å². The smallest absolute Gasteiger partial charge is 0.182 e. The second kappa shape index (κ2) is 7.48. The molecule has 0 bridgehead atoms. The molecule has 0 fully saturated rings. The molecule has 130 valence electrons. The van der Waals surface area contributed by atoms with E-state index in [9.17, 15) is 4.55 Å². The highest BCUT2D eigenvalue weighted by molar-refractivity contribution is 7.90. The zero-order valence-electron chi connectivity index (χ0n) is 14.8. The summed E-state index contributed by atoms with van der Waals surface area (Å²) in [7, 11) is 0. The summed E-state index contributed by atoms with van der Waals surface area (Å²) in [5.41, 5.74) is 6.38. The number of hydrogen-bond acceptors (Lipinski definition) is 2. The van der Waals surface area contributed by atoms with E-state index < -0.39 is 11.4 Å². The average molecular weight is 359 g/mol. The van der Waals surface area contributed by atoms with Crippen molar-refractivity contribution in [1.29, 1.82) is 0 Å². The van der Waals surface area contributed by atoms with Crippen LogP contribution in [0.3, 0.4) is 0 Å². The van der Waals surface area contributed by atoms with Crippen LogP contribution in [-0.4, -0.2) is 10.8 Å². The van der Waals surface area contributed by atoms with Gasteiger partial charge in [-0.3, -0.25) is 0 Å². The molecule has 26 heavy (non-hydrogen) atoms. The van der Waals surface area contributed by atoms with Crippen molar-refractivity contribution in [3.63, 3.8) is 0 Å². The van der Waals surface area contributed by atoms with Crippen LogP contribution in [0.1, 0.15) is 33.7 Å². The highest BCUT2D eigenvalue weighted by Crippen LogP contribution is 2.33. The van der Waals surface area contributed by atoms with Crippen LogP contribution in [0.2, 0.25) is 0 Å². The number of benzene rings is 3. The predicted molar refractivity (Wildman–Crippen MR) is 108 cm³/mol. The maximum absolute atomic E-state index is 12.6. The minimum absolute atomic E-state index is 0.0410. The van der Waals surface area contributed by atoms with Gasteiger partial charge in [0.15, 0.2) is 4.90 Å². The van der Waals surface area contributed by atoms with Crippen molar-refractivity contribution in [2.75, 3.05) is 0 Å². The van der Waals surface area contributed by atoms with Crippen molar-refractivity contribution in [2.45, 2.75) is 30.6 Å². The van der Waals surface area contributed by atoms with Gasteiger partial charge in [0.2, 0.25) is 0 Å². The van der Waals surface area contributed by atoms with E-state index in [0.717, 1.165) is 23.3 Å². The maximum Gasteiger partial charge on any atom is 0.182 e. The topological polar surface area (TPSA) is 35.4 Å². The molecule has 3 aromatic carbocycles. The standard InChI is InChI=1S/C23H21NOS/c1-17-10-14-20(15-11-17)26(25)24-16-23-21-8-4-2-6-18(21)12-13-19-7-3-5-9-22(19)23/h2-11,14-16,23H,12-13H2,1H3/b24-16+. The normalized spacial score (nSPS) is 15.3. The first-order chi connectivity index (χ1) is 12.7. The first-order valence-corrected chi connectivity index (χ1v) is 10.0. The van der Waals surface area contributed by atoms with Gasteiger partial charge in [0.25, 0.3) is 0 Å². The Kier molecular flexibility index (Phi) is 4.91. The van der Waals surface area contributed by atoms with E-state index >= 15 is 0 Å². The van der Waals surface area contributed by atoms with Gasteiger partial charge in [-0.25, -0.2) is 0 Å². The van der Waals surface area contributed by atoms with Crippen LogP contribution in [-0.2, 0) is 24.2 Å². The minimum Gasteiger partial charge on any atom is -0.586 e. The number of rotatable bonds is 3. The highest BCUT2D eigenvalue weighted by Gasteiger charge is 2.23. The predicted octanol–water partition coefficient (Wildman–Crippen LogP) is 5.02. The Morgan fingerprint density at radius 3 is 1.96 bits per heavy atom. The van der Waals surface area contributed by atoms with Crippen molar-refractivity contribution in [2.24, 2.45) is 4.40 Å². The second-order valence-electron chi connectivity index (χ2n) is 6.69. The molecule has 0 aliphatic heterocycles. The number of fused-ring (bicyclic) bond motifs is 2. The molecule has 2 nitrogen and oxygen atoms in total. The lowest BCUT2D eigenvalue weighted by Crippen LogP contribution is -2.07. The molecule has 3 heteroatoms. The third kappa shape index (κ3) is 3.46. The van der Waals surface area contributed by atoms with E-state index in [2.05, 4.69) is 52.9 Å². The zero-order valence-corrected chi connectivity index (χ0v) is 15.6. The zero-order chi connectivity index (χ0) is 17.9. The van der Waals surface area contributed by atoms with Crippen LogP contribution >= 0.6 is 0 Å². The fourth-order valence-electron chi connectivity index (χ4n) is 3.56. The Bertz CT molecular complexity index is 885. The fourth-order valence-corrected chi connectivity index (χ4v) is 4.28. The van der Waals surface area contributed by atoms with E-state index in [1.807, 2.05) is 37.4 Å². The Morgan fingerprint density at radius 1 is 0.846 bits per heavy atom. The lowest BCUT2D eigenvalue weighted by Gasteiger charge is -2.15. The summed E-state index contributed by atoms with van der Waals surface area (Å²) >= 11 is -1.38. The molecular weight excluding hydrogens is 338 g/mol. The van der Waals surface area contributed by atoms with Crippen molar-refractivity contribution in [1.82, 2.24) is 0 Å². The van der Waals surface area contributed by atoms with Crippen LogP contribution < -0.4 is 0 Å². The van der Waals surface area contributed by atoms with Gasteiger partial charge in [0.05, 0.1) is 6.21 Å². The third-order valence-electron chi connectivity index (χ3n) is 4.97. The summed E-state index contributed by atoms with van der Waals surface area (Å²) in [6, 6.07) is 24.8. The van der Waals surface area contributed by atoms with Crippen LogP contribution in [0.25, 0.3) is 0 Å². The van der Waals surface area contributed by atoms with E-state index in [0.29, 0.717) is 0 Å². The van der Waals surface area contributed by atoms with Gasteiger partial charge in [-0.2, -0.15) is 0 Å². The Balaban J connectivity index is 1.71. The van der Waals surface area contributed by atoms with E-state index in [1.54, 1.807) is 0 Å². The van der Waals surface area contributed by atoms with Crippen LogP contribution in [0, 0.1) is 6.92 Å². The lowest BCUT2D eigenvalue weighted by atomic mass is 9.89.